The van der Waals surface area contributed by atoms with Crippen molar-refractivity contribution >= 4 is 23.3 Å². The number of halogens is 1. The Bertz CT molecular complexity index is 984. The average Bonchev–Trinajstić information content (AvgIpc) is 3.07. The normalized spacial score (nSPS) is 10.4. The van der Waals surface area contributed by atoms with Crippen LogP contribution in [0.3, 0.4) is 0 Å². The molecular weight excluding hydrogens is 376 g/mol. The fourth-order valence-electron chi connectivity index (χ4n) is 2.21. The van der Waals surface area contributed by atoms with E-state index in [1.54, 1.807) is 13.0 Å². The number of esters is 1. The van der Waals surface area contributed by atoms with Gasteiger partial charge in [0.05, 0.1) is 10.5 Å². The van der Waals surface area contributed by atoms with E-state index in [2.05, 4.69) is 5.16 Å². The molecule has 0 unspecified atom stereocenters. The number of hydrogen-bond donors (Lipinski definition) is 0. The topological polar surface area (TPSA) is 105 Å². The van der Waals surface area contributed by atoms with Crippen LogP contribution < -0.4 is 4.74 Å². The lowest BCUT2D eigenvalue weighted by molar-refractivity contribution is -0.385. The highest BCUT2D eigenvalue weighted by molar-refractivity contribution is 6.30. The molecule has 0 atom stereocenters. The molecule has 3 rings (SSSR count). The van der Waals surface area contributed by atoms with E-state index in [0.29, 0.717) is 22.8 Å². The third-order valence-electron chi connectivity index (χ3n) is 3.46. The van der Waals surface area contributed by atoms with Crippen LogP contribution in [0.1, 0.15) is 21.8 Å². The van der Waals surface area contributed by atoms with Crippen LogP contribution in [0.4, 0.5) is 5.69 Å². The van der Waals surface area contributed by atoms with Crippen LogP contribution in [-0.4, -0.2) is 16.0 Å². The van der Waals surface area contributed by atoms with E-state index in [9.17, 15) is 14.9 Å². The molecule has 1 aromatic heterocycles. The average molecular weight is 389 g/mol. The molecule has 0 aliphatic rings. The largest absolute Gasteiger partial charge is 0.455 e. The molecule has 27 heavy (non-hydrogen) atoms. The number of rotatable bonds is 6. The van der Waals surface area contributed by atoms with E-state index < -0.39 is 10.9 Å². The molecule has 0 N–H and O–H groups in total. The van der Waals surface area contributed by atoms with Crippen molar-refractivity contribution in [2.45, 2.75) is 13.5 Å². The first-order chi connectivity index (χ1) is 12.9. The maximum atomic E-state index is 12.0. The second-order valence-electron chi connectivity index (χ2n) is 5.50. The summed E-state index contributed by atoms with van der Waals surface area (Å²) >= 11 is 5.77. The zero-order valence-electron chi connectivity index (χ0n) is 14.0. The monoisotopic (exact) mass is 388 g/mol. The quantitative estimate of drug-likeness (QED) is 0.342. The van der Waals surface area contributed by atoms with Crippen LogP contribution in [0.2, 0.25) is 5.02 Å². The summed E-state index contributed by atoms with van der Waals surface area (Å²) in [6.07, 6.45) is 0. The predicted octanol–water partition coefficient (Wildman–Crippen LogP) is 4.69. The summed E-state index contributed by atoms with van der Waals surface area (Å²) in [5, 5.41) is 15.1. The van der Waals surface area contributed by atoms with E-state index in [0.717, 1.165) is 0 Å². The van der Waals surface area contributed by atoms with Crippen molar-refractivity contribution in [3.8, 4) is 11.5 Å². The van der Waals surface area contributed by atoms with Crippen molar-refractivity contribution in [2.75, 3.05) is 0 Å². The van der Waals surface area contributed by atoms with E-state index in [4.69, 9.17) is 25.6 Å². The van der Waals surface area contributed by atoms with Gasteiger partial charge in [-0.2, -0.15) is 0 Å². The zero-order chi connectivity index (χ0) is 19.4. The van der Waals surface area contributed by atoms with Gasteiger partial charge in [-0.3, -0.25) is 10.1 Å². The standard InChI is InChI=1S/C18H13ClN2O6/c1-11-8-14(20-27-11)10-25-18(22)12-2-5-15(6-3-12)26-17-7-4-13(19)9-16(17)21(23)24/h2-9H,10H2,1H3. The summed E-state index contributed by atoms with van der Waals surface area (Å²) in [4.78, 5) is 22.6. The highest BCUT2D eigenvalue weighted by Crippen LogP contribution is 2.33. The summed E-state index contributed by atoms with van der Waals surface area (Å²) in [6.45, 7) is 1.73. The number of nitro benzene ring substituents is 1. The maximum Gasteiger partial charge on any atom is 0.338 e. The molecule has 0 radical (unpaired) electrons. The lowest BCUT2D eigenvalue weighted by Gasteiger charge is -2.07. The highest BCUT2D eigenvalue weighted by Gasteiger charge is 2.17. The van der Waals surface area contributed by atoms with E-state index >= 15 is 0 Å². The summed E-state index contributed by atoms with van der Waals surface area (Å²) < 4.78 is 15.6. The first-order valence-corrected chi connectivity index (χ1v) is 8.11. The van der Waals surface area contributed by atoms with Crippen LogP contribution in [-0.2, 0) is 11.3 Å². The highest BCUT2D eigenvalue weighted by atomic mass is 35.5. The molecule has 138 valence electrons. The van der Waals surface area contributed by atoms with Gasteiger partial charge < -0.3 is 14.0 Å². The molecule has 0 amide bonds. The van der Waals surface area contributed by atoms with Crippen molar-refractivity contribution < 1.29 is 23.7 Å². The van der Waals surface area contributed by atoms with Gasteiger partial charge in [0.1, 0.15) is 23.8 Å². The number of carbonyl (C=O) groups excluding carboxylic acids is 1. The molecule has 0 saturated heterocycles. The van der Waals surface area contributed by atoms with Gasteiger partial charge in [0.2, 0.25) is 5.75 Å². The smallest absolute Gasteiger partial charge is 0.338 e. The number of nitrogens with zero attached hydrogens (tertiary/aromatic N) is 2. The fraction of sp³-hybridized carbons (Fsp3) is 0.111. The number of aromatic nitrogens is 1. The Morgan fingerprint density at radius 2 is 1.96 bits per heavy atom. The van der Waals surface area contributed by atoms with Crippen molar-refractivity contribution in [2.24, 2.45) is 0 Å². The number of aryl methyl sites for hydroxylation is 1. The van der Waals surface area contributed by atoms with Crippen molar-refractivity contribution in [1.82, 2.24) is 5.16 Å². The molecule has 0 fully saturated rings. The number of ether oxygens (including phenoxy) is 2. The van der Waals surface area contributed by atoms with Gasteiger partial charge in [0, 0.05) is 17.2 Å². The van der Waals surface area contributed by atoms with Gasteiger partial charge in [-0.25, -0.2) is 4.79 Å². The van der Waals surface area contributed by atoms with Gasteiger partial charge in [-0.05, 0) is 43.3 Å². The Hall–Kier alpha value is -3.39. The number of nitro groups is 1. The Morgan fingerprint density at radius 3 is 2.59 bits per heavy atom. The molecule has 2 aromatic carbocycles. The molecule has 0 spiro atoms. The molecule has 8 nitrogen and oxygen atoms in total. The van der Waals surface area contributed by atoms with Gasteiger partial charge in [-0.1, -0.05) is 16.8 Å². The van der Waals surface area contributed by atoms with Gasteiger partial charge >= 0.3 is 11.7 Å². The summed E-state index contributed by atoms with van der Waals surface area (Å²) in [5.41, 5.74) is 0.554. The molecule has 0 bridgehead atoms. The SMILES string of the molecule is Cc1cc(COC(=O)c2ccc(Oc3ccc(Cl)cc3[N+](=O)[O-])cc2)no1. The first kappa shape index (κ1) is 18.4. The van der Waals surface area contributed by atoms with Gasteiger partial charge in [0.25, 0.3) is 0 Å². The molecule has 1 heterocycles. The Balaban J connectivity index is 1.67. The third kappa shape index (κ3) is 4.62. The van der Waals surface area contributed by atoms with Crippen LogP contribution >= 0.6 is 11.6 Å². The predicted molar refractivity (Wildman–Crippen MR) is 95.0 cm³/mol. The van der Waals surface area contributed by atoms with E-state index in [1.165, 1.54) is 42.5 Å². The van der Waals surface area contributed by atoms with E-state index in [1.807, 2.05) is 0 Å². The molecular formula is C18H13ClN2O6. The van der Waals surface area contributed by atoms with Crippen molar-refractivity contribution in [3.63, 3.8) is 0 Å². The van der Waals surface area contributed by atoms with Crippen molar-refractivity contribution in [3.05, 3.63) is 80.7 Å². The van der Waals surface area contributed by atoms with Gasteiger partial charge in [-0.15, -0.1) is 0 Å². The summed E-state index contributed by atoms with van der Waals surface area (Å²) in [7, 11) is 0. The summed E-state index contributed by atoms with van der Waals surface area (Å²) in [6, 6.07) is 11.8. The Morgan fingerprint density at radius 1 is 1.22 bits per heavy atom. The summed E-state index contributed by atoms with van der Waals surface area (Å²) in [5.74, 6) is 0.448. The fourth-order valence-corrected chi connectivity index (χ4v) is 2.38. The first-order valence-electron chi connectivity index (χ1n) is 7.73. The Kier molecular flexibility index (Phi) is 5.37. The van der Waals surface area contributed by atoms with Crippen LogP contribution in [0.15, 0.2) is 53.1 Å². The molecule has 0 aliphatic heterocycles. The molecule has 9 heteroatoms. The minimum atomic E-state index is -0.585. The number of hydrogen-bond acceptors (Lipinski definition) is 7. The maximum absolute atomic E-state index is 12.0. The Labute approximate surface area is 158 Å². The molecule has 3 aromatic rings. The minimum Gasteiger partial charge on any atom is -0.455 e. The second kappa shape index (κ2) is 7.88. The van der Waals surface area contributed by atoms with Crippen LogP contribution in [0, 0.1) is 17.0 Å². The van der Waals surface area contributed by atoms with Crippen molar-refractivity contribution in [1.29, 1.82) is 0 Å². The molecule has 0 aliphatic carbocycles. The lowest BCUT2D eigenvalue weighted by Crippen LogP contribution is -2.05. The zero-order valence-corrected chi connectivity index (χ0v) is 14.8. The number of benzene rings is 2. The number of carbonyl (C=O) groups is 1. The third-order valence-corrected chi connectivity index (χ3v) is 3.70. The molecule has 0 saturated carbocycles. The second-order valence-corrected chi connectivity index (χ2v) is 5.94. The lowest BCUT2D eigenvalue weighted by atomic mass is 10.2. The minimum absolute atomic E-state index is 0.00854. The van der Waals surface area contributed by atoms with Gasteiger partial charge in [0.15, 0.2) is 0 Å². The van der Waals surface area contributed by atoms with Crippen LogP contribution in [0.5, 0.6) is 11.5 Å². The van der Waals surface area contributed by atoms with E-state index in [-0.39, 0.29) is 23.1 Å². The van der Waals surface area contributed by atoms with Crippen LogP contribution in [0.25, 0.3) is 0 Å².